The molecule has 0 aliphatic carbocycles. The van der Waals surface area contributed by atoms with Crippen molar-refractivity contribution >= 4 is 11.9 Å². The van der Waals surface area contributed by atoms with Gasteiger partial charge in [-0.2, -0.15) is 0 Å². The lowest BCUT2D eigenvalue weighted by Crippen LogP contribution is -2.61. The molecule has 1 aromatic carbocycles. The molecule has 1 spiro atoms. The van der Waals surface area contributed by atoms with E-state index >= 15 is 0 Å². The molecule has 0 radical (unpaired) electrons. The summed E-state index contributed by atoms with van der Waals surface area (Å²) < 4.78 is 29.9. The van der Waals surface area contributed by atoms with Crippen LogP contribution in [-0.4, -0.2) is 61.0 Å². The number of benzene rings is 1. The number of unbranched alkanes of at least 4 members (excludes halogenated alkanes) is 1. The first-order valence-corrected chi connectivity index (χ1v) is 13.2. The second-order valence-electron chi connectivity index (χ2n) is 11.1. The van der Waals surface area contributed by atoms with Gasteiger partial charge in [-0.25, -0.2) is 0 Å². The van der Waals surface area contributed by atoms with E-state index in [4.69, 9.17) is 23.7 Å². The van der Waals surface area contributed by atoms with Crippen molar-refractivity contribution in [3.8, 4) is 5.75 Å². The van der Waals surface area contributed by atoms with Gasteiger partial charge in [0.15, 0.2) is 5.79 Å². The molecule has 3 fully saturated rings. The normalized spacial score (nSPS) is 32.5. The molecule has 3 heterocycles. The summed E-state index contributed by atoms with van der Waals surface area (Å²) in [4.78, 5) is 25.4. The highest BCUT2D eigenvalue weighted by atomic mass is 16.7. The van der Waals surface area contributed by atoms with E-state index in [1.165, 1.54) is 7.11 Å². The molecular weight excluding hydrogens is 464 g/mol. The standard InChI is InChI=1S/C28H40O8/c1-27(2)12-11-22-15-25(30)34-24(18-32-3)16-26(31)33-23-14-21(35-28(27,17-23)36-22)10-5-4-7-19-8-6-9-20(29)13-19/h6,8-9,13,21-24,29H,4-5,7,10-12,14-18H2,1-3H3/t21-,22-,23-,24-,28+/m1/s1. The summed E-state index contributed by atoms with van der Waals surface area (Å²) in [5.74, 6) is -1.45. The Morgan fingerprint density at radius 3 is 2.61 bits per heavy atom. The number of carbonyl (C=O) groups is 2. The first kappa shape index (κ1) is 26.9. The summed E-state index contributed by atoms with van der Waals surface area (Å²) in [6.45, 7) is 4.40. The third-order valence-corrected chi connectivity index (χ3v) is 7.75. The van der Waals surface area contributed by atoms with E-state index < -0.39 is 23.8 Å². The number of phenols is 1. The number of ether oxygens (including phenoxy) is 5. The maximum Gasteiger partial charge on any atom is 0.309 e. The van der Waals surface area contributed by atoms with Gasteiger partial charge >= 0.3 is 11.9 Å². The van der Waals surface area contributed by atoms with Gasteiger partial charge < -0.3 is 28.8 Å². The molecule has 8 heteroatoms. The van der Waals surface area contributed by atoms with Gasteiger partial charge in [-0.05, 0) is 49.8 Å². The van der Waals surface area contributed by atoms with Crippen LogP contribution in [0.1, 0.15) is 77.2 Å². The summed E-state index contributed by atoms with van der Waals surface area (Å²) >= 11 is 0. The fraction of sp³-hybridized carbons (Fsp3) is 0.714. The van der Waals surface area contributed by atoms with E-state index in [-0.39, 0.29) is 48.9 Å². The number of rotatable bonds is 7. The Morgan fingerprint density at radius 2 is 1.83 bits per heavy atom. The molecule has 8 nitrogen and oxygen atoms in total. The topological polar surface area (TPSA) is 101 Å². The van der Waals surface area contributed by atoms with Gasteiger partial charge in [-0.15, -0.1) is 0 Å². The van der Waals surface area contributed by atoms with Crippen molar-refractivity contribution in [1.29, 1.82) is 0 Å². The van der Waals surface area contributed by atoms with Gasteiger partial charge in [0.05, 0.1) is 31.7 Å². The average molecular weight is 505 g/mol. The van der Waals surface area contributed by atoms with Crippen molar-refractivity contribution in [2.45, 2.75) is 108 Å². The maximum atomic E-state index is 12.8. The Labute approximate surface area is 213 Å². The lowest BCUT2D eigenvalue weighted by Gasteiger charge is -2.56. The van der Waals surface area contributed by atoms with Crippen LogP contribution in [0.15, 0.2) is 24.3 Å². The molecule has 36 heavy (non-hydrogen) atoms. The molecule has 5 atom stereocenters. The fourth-order valence-electron chi connectivity index (χ4n) is 5.74. The summed E-state index contributed by atoms with van der Waals surface area (Å²) in [7, 11) is 1.51. The number of cyclic esters (lactones) is 1. The zero-order chi connectivity index (χ0) is 25.8. The Morgan fingerprint density at radius 1 is 1.03 bits per heavy atom. The van der Waals surface area contributed by atoms with Crippen LogP contribution < -0.4 is 0 Å². The zero-order valence-electron chi connectivity index (χ0n) is 21.7. The van der Waals surface area contributed by atoms with Crippen LogP contribution in [0.3, 0.4) is 0 Å². The Kier molecular flexibility index (Phi) is 8.58. The van der Waals surface area contributed by atoms with Gasteiger partial charge in [0.2, 0.25) is 0 Å². The van der Waals surface area contributed by atoms with E-state index in [0.717, 1.165) is 44.1 Å². The second-order valence-corrected chi connectivity index (χ2v) is 11.1. The summed E-state index contributed by atoms with van der Waals surface area (Å²) in [5, 5.41) is 9.70. The quantitative estimate of drug-likeness (QED) is 0.429. The van der Waals surface area contributed by atoms with Crippen LogP contribution in [0.5, 0.6) is 5.75 Å². The van der Waals surface area contributed by atoms with Crippen LogP contribution >= 0.6 is 0 Å². The third-order valence-electron chi connectivity index (χ3n) is 7.75. The lowest BCUT2D eigenvalue weighted by molar-refractivity contribution is -0.373. The molecule has 4 rings (SSSR count). The van der Waals surface area contributed by atoms with Crippen molar-refractivity contribution in [3.05, 3.63) is 29.8 Å². The molecule has 0 saturated carbocycles. The minimum atomic E-state index is -0.930. The summed E-state index contributed by atoms with van der Waals surface area (Å²) in [6, 6.07) is 7.35. The van der Waals surface area contributed by atoms with E-state index in [0.29, 0.717) is 12.8 Å². The molecule has 3 aliphatic rings. The van der Waals surface area contributed by atoms with E-state index in [2.05, 4.69) is 13.8 Å². The highest BCUT2D eigenvalue weighted by molar-refractivity contribution is 5.73. The van der Waals surface area contributed by atoms with Gasteiger partial charge in [-0.3, -0.25) is 9.59 Å². The first-order chi connectivity index (χ1) is 17.2. The van der Waals surface area contributed by atoms with Crippen LogP contribution in [0.4, 0.5) is 0 Å². The molecule has 0 amide bonds. The molecule has 1 N–H and O–H groups in total. The van der Waals surface area contributed by atoms with Gasteiger partial charge in [0, 0.05) is 25.4 Å². The minimum Gasteiger partial charge on any atom is -0.508 e. The highest BCUT2D eigenvalue weighted by Gasteiger charge is 2.57. The summed E-state index contributed by atoms with van der Waals surface area (Å²) in [6.07, 6.45) is 4.85. The average Bonchev–Trinajstić information content (AvgIpc) is 2.79. The lowest BCUT2D eigenvalue weighted by atomic mass is 9.71. The van der Waals surface area contributed by atoms with Crippen molar-refractivity contribution in [3.63, 3.8) is 0 Å². The number of methoxy groups -OCH3 is 1. The van der Waals surface area contributed by atoms with Crippen molar-refractivity contribution in [2.24, 2.45) is 5.41 Å². The molecule has 200 valence electrons. The molecule has 3 aliphatic heterocycles. The highest BCUT2D eigenvalue weighted by Crippen LogP contribution is 2.52. The summed E-state index contributed by atoms with van der Waals surface area (Å²) in [5.41, 5.74) is 0.801. The Balaban J connectivity index is 1.48. The third kappa shape index (κ3) is 6.58. The Bertz CT molecular complexity index is 911. The predicted molar refractivity (Wildman–Crippen MR) is 131 cm³/mol. The molecule has 3 bridgehead atoms. The van der Waals surface area contributed by atoms with Gasteiger partial charge in [-0.1, -0.05) is 32.4 Å². The molecular formula is C28H40O8. The SMILES string of the molecule is COC[C@H]1CC(=O)O[C@@H]2C[C@@H](CCCCc3cccc(O)c3)O[C@@]3(C2)O[C@H](CCC3(C)C)CC(=O)O1. The predicted octanol–water partition coefficient (Wildman–Crippen LogP) is 4.45. The van der Waals surface area contributed by atoms with Crippen molar-refractivity contribution < 1.29 is 38.4 Å². The van der Waals surface area contributed by atoms with E-state index in [9.17, 15) is 14.7 Å². The number of hydrogen-bond donors (Lipinski definition) is 1. The molecule has 0 unspecified atom stereocenters. The number of hydrogen-bond acceptors (Lipinski definition) is 8. The number of fused-ring (bicyclic) bond motifs is 2. The first-order valence-electron chi connectivity index (χ1n) is 13.2. The van der Waals surface area contributed by atoms with E-state index in [1.807, 2.05) is 12.1 Å². The number of aryl methyl sites for hydroxylation is 1. The second kappa shape index (κ2) is 11.5. The van der Waals surface area contributed by atoms with Gasteiger partial charge in [0.1, 0.15) is 18.0 Å². The van der Waals surface area contributed by atoms with Crippen LogP contribution in [0.2, 0.25) is 0 Å². The number of aromatic hydroxyl groups is 1. The number of esters is 2. The van der Waals surface area contributed by atoms with E-state index in [1.54, 1.807) is 12.1 Å². The van der Waals surface area contributed by atoms with Crippen molar-refractivity contribution in [2.75, 3.05) is 13.7 Å². The molecule has 0 aromatic heterocycles. The number of phenolic OH excluding ortho intramolecular Hbond substituents is 1. The largest absolute Gasteiger partial charge is 0.508 e. The molecule has 1 aromatic rings. The van der Waals surface area contributed by atoms with Crippen molar-refractivity contribution in [1.82, 2.24) is 0 Å². The van der Waals surface area contributed by atoms with Crippen LogP contribution in [-0.2, 0) is 39.7 Å². The monoisotopic (exact) mass is 504 g/mol. The Hall–Kier alpha value is -2.16. The van der Waals surface area contributed by atoms with Gasteiger partial charge in [0.25, 0.3) is 0 Å². The minimum absolute atomic E-state index is 0.0343. The number of carbonyl (C=O) groups excluding carboxylic acids is 2. The smallest absolute Gasteiger partial charge is 0.309 e. The maximum absolute atomic E-state index is 12.8. The fourth-order valence-corrected chi connectivity index (χ4v) is 5.74. The molecule has 3 saturated heterocycles. The zero-order valence-corrected chi connectivity index (χ0v) is 21.7. The van der Waals surface area contributed by atoms with Crippen LogP contribution in [0.25, 0.3) is 0 Å². The van der Waals surface area contributed by atoms with Crippen LogP contribution in [0, 0.1) is 5.41 Å².